The maximum absolute atomic E-state index is 10.1. The van der Waals surface area contributed by atoms with Crippen molar-refractivity contribution >= 4 is 0 Å². The van der Waals surface area contributed by atoms with Crippen molar-refractivity contribution in [2.75, 3.05) is 0 Å². The Bertz CT molecular complexity index is 558. The zero-order valence-electron chi connectivity index (χ0n) is 15.4. The van der Waals surface area contributed by atoms with Crippen molar-refractivity contribution in [3.05, 3.63) is 23.3 Å². The molecule has 1 heteroatoms. The lowest BCUT2D eigenvalue weighted by Gasteiger charge is -2.57. The standard InChI is InChI=1S/C22H34O/c1-5-15-6-7-18-17-12-14(2)20-13-16(23)8-10-22(20,4)19(17)9-11-21(15,18)3/h12-13,15-19,23H,5-11H2,1-4H3. The molecule has 0 spiro atoms. The second-order valence-corrected chi connectivity index (χ2v) is 9.47. The Morgan fingerprint density at radius 1 is 1.04 bits per heavy atom. The van der Waals surface area contributed by atoms with E-state index >= 15 is 0 Å². The fourth-order valence-corrected chi connectivity index (χ4v) is 7.34. The largest absolute Gasteiger partial charge is 0.389 e. The van der Waals surface area contributed by atoms with Crippen LogP contribution in [-0.2, 0) is 0 Å². The summed E-state index contributed by atoms with van der Waals surface area (Å²) in [6, 6.07) is 0. The maximum atomic E-state index is 10.1. The van der Waals surface area contributed by atoms with Crippen molar-refractivity contribution in [2.24, 2.45) is 34.5 Å². The molecule has 0 aromatic rings. The Labute approximate surface area is 142 Å². The van der Waals surface area contributed by atoms with Crippen LogP contribution in [0.2, 0.25) is 0 Å². The Morgan fingerprint density at radius 2 is 1.83 bits per heavy atom. The first kappa shape index (κ1) is 15.9. The molecule has 0 aromatic heterocycles. The van der Waals surface area contributed by atoms with Crippen LogP contribution in [-0.4, -0.2) is 11.2 Å². The van der Waals surface area contributed by atoms with Crippen LogP contribution in [0.4, 0.5) is 0 Å². The van der Waals surface area contributed by atoms with Gasteiger partial charge < -0.3 is 5.11 Å². The van der Waals surface area contributed by atoms with E-state index in [1.54, 1.807) is 0 Å². The molecule has 4 aliphatic rings. The normalized spacial score (nSPS) is 52.1. The zero-order chi connectivity index (χ0) is 16.4. The van der Waals surface area contributed by atoms with Crippen LogP contribution in [0, 0.1) is 34.5 Å². The Balaban J connectivity index is 1.76. The molecule has 0 aromatic carbocycles. The summed E-state index contributed by atoms with van der Waals surface area (Å²) < 4.78 is 0. The molecule has 0 amide bonds. The highest BCUT2D eigenvalue weighted by Gasteiger charge is 2.57. The molecule has 2 saturated carbocycles. The van der Waals surface area contributed by atoms with E-state index in [1.165, 1.54) is 49.7 Å². The second-order valence-electron chi connectivity index (χ2n) is 9.47. The minimum absolute atomic E-state index is 0.220. The molecule has 0 aliphatic heterocycles. The van der Waals surface area contributed by atoms with Crippen molar-refractivity contribution in [3.8, 4) is 0 Å². The summed E-state index contributed by atoms with van der Waals surface area (Å²) in [5, 5.41) is 10.1. The topological polar surface area (TPSA) is 20.2 Å². The average Bonchev–Trinajstić information content (AvgIpc) is 2.86. The maximum Gasteiger partial charge on any atom is 0.0727 e. The lowest BCUT2D eigenvalue weighted by molar-refractivity contribution is -0.0212. The van der Waals surface area contributed by atoms with Crippen molar-refractivity contribution in [1.82, 2.24) is 0 Å². The SMILES string of the molecule is CCC1CCC2C3C=C(C)C4=CC(O)CCC4(C)C3CCC12C. The van der Waals surface area contributed by atoms with E-state index in [4.69, 9.17) is 0 Å². The van der Waals surface area contributed by atoms with Crippen LogP contribution in [0.15, 0.2) is 23.3 Å². The molecule has 4 aliphatic carbocycles. The monoisotopic (exact) mass is 314 g/mol. The fraction of sp³-hybridized carbons (Fsp3) is 0.818. The first-order chi connectivity index (χ1) is 10.9. The van der Waals surface area contributed by atoms with Gasteiger partial charge >= 0.3 is 0 Å². The van der Waals surface area contributed by atoms with E-state index in [1.807, 2.05) is 0 Å². The van der Waals surface area contributed by atoms with Crippen molar-refractivity contribution in [3.63, 3.8) is 0 Å². The van der Waals surface area contributed by atoms with Gasteiger partial charge in [0.2, 0.25) is 0 Å². The van der Waals surface area contributed by atoms with Gasteiger partial charge in [-0.25, -0.2) is 0 Å². The summed E-state index contributed by atoms with van der Waals surface area (Å²) >= 11 is 0. The summed E-state index contributed by atoms with van der Waals surface area (Å²) in [7, 11) is 0. The molecular formula is C22H34O. The summed E-state index contributed by atoms with van der Waals surface area (Å²) in [5.74, 6) is 3.42. The van der Waals surface area contributed by atoms with Crippen molar-refractivity contribution in [1.29, 1.82) is 0 Å². The molecular weight excluding hydrogens is 280 g/mol. The molecule has 7 unspecified atom stereocenters. The van der Waals surface area contributed by atoms with E-state index in [-0.39, 0.29) is 6.10 Å². The number of aliphatic hydroxyl groups excluding tert-OH is 1. The minimum Gasteiger partial charge on any atom is -0.389 e. The third-order valence-corrected chi connectivity index (χ3v) is 8.64. The number of hydrogen-bond donors (Lipinski definition) is 1. The van der Waals surface area contributed by atoms with Crippen LogP contribution in [0.25, 0.3) is 0 Å². The van der Waals surface area contributed by atoms with Gasteiger partial charge in [-0.05, 0) is 85.5 Å². The quantitative estimate of drug-likeness (QED) is 0.677. The molecule has 4 rings (SSSR count). The van der Waals surface area contributed by atoms with E-state index in [2.05, 4.69) is 39.8 Å². The lowest BCUT2D eigenvalue weighted by atomic mass is 9.47. The smallest absolute Gasteiger partial charge is 0.0727 e. The predicted octanol–water partition coefficient (Wildman–Crippen LogP) is 5.50. The van der Waals surface area contributed by atoms with Crippen molar-refractivity contribution in [2.45, 2.75) is 78.7 Å². The van der Waals surface area contributed by atoms with E-state index in [9.17, 15) is 5.11 Å². The van der Waals surface area contributed by atoms with Crippen LogP contribution < -0.4 is 0 Å². The Kier molecular flexibility index (Phi) is 3.61. The highest BCUT2D eigenvalue weighted by Crippen LogP contribution is 2.66. The van der Waals surface area contributed by atoms with E-state index < -0.39 is 0 Å². The van der Waals surface area contributed by atoms with Gasteiger partial charge in [0.05, 0.1) is 6.10 Å². The predicted molar refractivity (Wildman–Crippen MR) is 96.0 cm³/mol. The summed E-state index contributed by atoms with van der Waals surface area (Å²) in [4.78, 5) is 0. The first-order valence-electron chi connectivity index (χ1n) is 9.99. The van der Waals surface area contributed by atoms with Crippen molar-refractivity contribution < 1.29 is 5.11 Å². The molecule has 1 nitrogen and oxygen atoms in total. The van der Waals surface area contributed by atoms with Gasteiger partial charge in [-0.2, -0.15) is 0 Å². The third kappa shape index (κ3) is 2.08. The highest BCUT2D eigenvalue weighted by molar-refractivity contribution is 5.42. The zero-order valence-corrected chi connectivity index (χ0v) is 15.4. The van der Waals surface area contributed by atoms with Gasteiger partial charge in [0.15, 0.2) is 0 Å². The number of rotatable bonds is 1. The number of hydrogen-bond acceptors (Lipinski definition) is 1. The summed E-state index contributed by atoms with van der Waals surface area (Å²) in [6.45, 7) is 9.82. The molecule has 0 bridgehead atoms. The van der Waals surface area contributed by atoms with Gasteiger partial charge in [0.25, 0.3) is 0 Å². The average molecular weight is 315 g/mol. The molecule has 7 atom stereocenters. The molecule has 0 radical (unpaired) electrons. The number of aliphatic hydroxyl groups is 1. The summed E-state index contributed by atoms with van der Waals surface area (Å²) in [6.07, 6.45) is 13.8. The molecule has 1 N–H and O–H groups in total. The van der Waals surface area contributed by atoms with Crippen LogP contribution >= 0.6 is 0 Å². The Hall–Kier alpha value is -0.560. The second kappa shape index (κ2) is 5.22. The number of fused-ring (bicyclic) bond motifs is 5. The first-order valence-corrected chi connectivity index (χ1v) is 9.99. The van der Waals surface area contributed by atoms with Gasteiger partial charge in [-0.1, -0.05) is 44.9 Å². The van der Waals surface area contributed by atoms with Crippen LogP contribution in [0.1, 0.15) is 72.6 Å². The third-order valence-electron chi connectivity index (χ3n) is 8.64. The van der Waals surface area contributed by atoms with Crippen LogP contribution in [0.5, 0.6) is 0 Å². The van der Waals surface area contributed by atoms with Gasteiger partial charge in [-0.15, -0.1) is 0 Å². The molecule has 2 fully saturated rings. The molecule has 23 heavy (non-hydrogen) atoms. The van der Waals surface area contributed by atoms with Gasteiger partial charge in [0, 0.05) is 0 Å². The van der Waals surface area contributed by atoms with E-state index in [0.29, 0.717) is 10.8 Å². The lowest BCUT2D eigenvalue weighted by Crippen LogP contribution is -2.49. The molecule has 128 valence electrons. The Morgan fingerprint density at radius 3 is 2.57 bits per heavy atom. The summed E-state index contributed by atoms with van der Waals surface area (Å²) in [5.41, 5.74) is 3.84. The fourth-order valence-electron chi connectivity index (χ4n) is 7.34. The molecule has 0 saturated heterocycles. The minimum atomic E-state index is -0.220. The van der Waals surface area contributed by atoms with Gasteiger partial charge in [0.1, 0.15) is 0 Å². The number of allylic oxidation sites excluding steroid dienone is 3. The molecule has 0 heterocycles. The van der Waals surface area contributed by atoms with E-state index in [0.717, 1.165) is 30.1 Å². The van der Waals surface area contributed by atoms with Gasteiger partial charge in [-0.3, -0.25) is 0 Å². The van der Waals surface area contributed by atoms with Crippen LogP contribution in [0.3, 0.4) is 0 Å². The highest BCUT2D eigenvalue weighted by atomic mass is 16.3.